The second-order valence-electron chi connectivity index (χ2n) is 7.82. The Morgan fingerprint density at radius 1 is 1.23 bits per heavy atom. The van der Waals surface area contributed by atoms with Gasteiger partial charge in [0.1, 0.15) is 5.54 Å². The van der Waals surface area contributed by atoms with E-state index in [1.54, 1.807) is 0 Å². The van der Waals surface area contributed by atoms with Crippen molar-refractivity contribution in [3.05, 3.63) is 0 Å². The van der Waals surface area contributed by atoms with Crippen LogP contribution in [0.4, 0.5) is 4.79 Å². The summed E-state index contributed by atoms with van der Waals surface area (Å²) in [5.41, 5.74) is -1.30. The lowest BCUT2D eigenvalue weighted by atomic mass is 9.73. The number of hydrogen-bond acceptors (Lipinski definition) is 5. The largest absolute Gasteiger partial charge is 0.337 e. The molecule has 0 aromatic heterocycles. The maximum Gasteiger partial charge on any atom is 0.322 e. The highest BCUT2D eigenvalue weighted by Crippen LogP contribution is 2.42. The molecule has 4 aliphatic heterocycles. The Kier molecular flexibility index (Phi) is 3.98. The standard InChI is InChI=1S/C18H23N5O3/c1-2-3-8-18(21-22-18)9-7-14(24)23-12-5-4-6-13(23)11-17(10-12)15(25)19-16(26)20-17/h1,12-13H,3-11H2,(H2,19,20,25,26). The molecule has 2 N–H and O–H groups in total. The van der Waals surface area contributed by atoms with Gasteiger partial charge in [0.15, 0.2) is 5.66 Å². The molecule has 4 amide bonds. The molecule has 8 heteroatoms. The topological polar surface area (TPSA) is 103 Å². The predicted molar refractivity (Wildman–Crippen MR) is 91.8 cm³/mol. The normalized spacial score (nSPS) is 33.6. The monoisotopic (exact) mass is 357 g/mol. The molecule has 138 valence electrons. The molecule has 2 unspecified atom stereocenters. The summed E-state index contributed by atoms with van der Waals surface area (Å²) in [6, 6.07) is -0.442. The molecule has 3 saturated heterocycles. The number of amides is 4. The van der Waals surface area contributed by atoms with Crippen LogP contribution in [0.5, 0.6) is 0 Å². The van der Waals surface area contributed by atoms with Crippen LogP contribution in [0.3, 0.4) is 0 Å². The number of imide groups is 1. The van der Waals surface area contributed by atoms with E-state index in [0.29, 0.717) is 38.5 Å². The number of rotatable bonds is 5. The Morgan fingerprint density at radius 2 is 1.92 bits per heavy atom. The molecule has 2 bridgehead atoms. The van der Waals surface area contributed by atoms with Crippen LogP contribution < -0.4 is 10.6 Å². The Morgan fingerprint density at radius 3 is 2.46 bits per heavy atom. The molecule has 1 spiro atoms. The first kappa shape index (κ1) is 17.0. The highest BCUT2D eigenvalue weighted by atomic mass is 16.2. The lowest BCUT2D eigenvalue weighted by Crippen LogP contribution is -2.64. The molecule has 4 rings (SSSR count). The van der Waals surface area contributed by atoms with Gasteiger partial charge in [-0.3, -0.25) is 14.9 Å². The quantitative estimate of drug-likeness (QED) is 0.575. The van der Waals surface area contributed by atoms with E-state index in [1.807, 2.05) is 4.90 Å². The van der Waals surface area contributed by atoms with Gasteiger partial charge in [0.25, 0.3) is 5.91 Å². The van der Waals surface area contributed by atoms with Gasteiger partial charge in [-0.05, 0) is 19.3 Å². The first-order chi connectivity index (χ1) is 12.5. The zero-order valence-electron chi connectivity index (χ0n) is 14.7. The maximum atomic E-state index is 12.9. The van der Waals surface area contributed by atoms with E-state index < -0.39 is 17.2 Å². The third-order valence-electron chi connectivity index (χ3n) is 6.12. The van der Waals surface area contributed by atoms with Crippen LogP contribution in [0, 0.1) is 12.3 Å². The molecular weight excluding hydrogens is 334 g/mol. The summed E-state index contributed by atoms with van der Waals surface area (Å²) in [6.45, 7) is 0. The molecule has 2 atom stereocenters. The molecule has 4 heterocycles. The minimum absolute atomic E-state index is 0.00566. The Balaban J connectivity index is 1.41. The van der Waals surface area contributed by atoms with Gasteiger partial charge in [0.05, 0.1) is 0 Å². The lowest BCUT2D eigenvalue weighted by molar-refractivity contribution is -0.146. The van der Waals surface area contributed by atoms with Crippen LogP contribution in [0.1, 0.15) is 57.8 Å². The maximum absolute atomic E-state index is 12.9. The number of fused-ring (bicyclic) bond motifs is 2. The number of piperidine rings is 2. The van der Waals surface area contributed by atoms with Crippen molar-refractivity contribution in [2.24, 2.45) is 10.2 Å². The van der Waals surface area contributed by atoms with Crippen molar-refractivity contribution < 1.29 is 14.4 Å². The fourth-order valence-corrected chi connectivity index (χ4v) is 4.78. The second kappa shape index (κ2) is 6.08. The van der Waals surface area contributed by atoms with Crippen LogP contribution in [0.25, 0.3) is 0 Å². The van der Waals surface area contributed by atoms with E-state index >= 15 is 0 Å². The highest BCUT2D eigenvalue weighted by molar-refractivity contribution is 6.07. The van der Waals surface area contributed by atoms with Crippen molar-refractivity contribution in [3.8, 4) is 12.3 Å². The van der Waals surface area contributed by atoms with Gasteiger partial charge in [-0.2, -0.15) is 10.2 Å². The lowest BCUT2D eigenvalue weighted by Gasteiger charge is -2.51. The van der Waals surface area contributed by atoms with E-state index in [2.05, 4.69) is 26.8 Å². The average Bonchev–Trinajstić information content (AvgIpc) is 3.31. The summed E-state index contributed by atoms with van der Waals surface area (Å²) < 4.78 is 0. The van der Waals surface area contributed by atoms with Gasteiger partial charge < -0.3 is 10.2 Å². The third kappa shape index (κ3) is 2.85. The molecule has 0 aromatic carbocycles. The van der Waals surface area contributed by atoms with Crippen LogP contribution in [0.15, 0.2) is 10.2 Å². The molecule has 0 aromatic rings. The van der Waals surface area contributed by atoms with E-state index in [-0.39, 0.29) is 23.9 Å². The minimum atomic E-state index is -0.848. The molecule has 3 fully saturated rings. The molecule has 0 radical (unpaired) electrons. The average molecular weight is 357 g/mol. The van der Waals surface area contributed by atoms with Crippen LogP contribution in [-0.2, 0) is 9.59 Å². The van der Waals surface area contributed by atoms with Crippen LogP contribution in [0.2, 0.25) is 0 Å². The van der Waals surface area contributed by atoms with Gasteiger partial charge in [-0.15, -0.1) is 12.3 Å². The fourth-order valence-electron chi connectivity index (χ4n) is 4.78. The summed E-state index contributed by atoms with van der Waals surface area (Å²) in [5, 5.41) is 13.4. The first-order valence-corrected chi connectivity index (χ1v) is 9.29. The molecule has 4 aliphatic rings. The minimum Gasteiger partial charge on any atom is -0.337 e. The van der Waals surface area contributed by atoms with Gasteiger partial charge in [0, 0.05) is 50.6 Å². The van der Waals surface area contributed by atoms with Crippen molar-refractivity contribution >= 4 is 17.8 Å². The van der Waals surface area contributed by atoms with Crippen molar-refractivity contribution in [3.63, 3.8) is 0 Å². The van der Waals surface area contributed by atoms with E-state index in [4.69, 9.17) is 6.42 Å². The van der Waals surface area contributed by atoms with Gasteiger partial charge in [0.2, 0.25) is 5.91 Å². The second-order valence-corrected chi connectivity index (χ2v) is 7.82. The van der Waals surface area contributed by atoms with Crippen molar-refractivity contribution in [2.75, 3.05) is 0 Å². The summed E-state index contributed by atoms with van der Waals surface area (Å²) >= 11 is 0. The Bertz CT molecular complexity index is 705. The number of nitrogens with zero attached hydrogens (tertiary/aromatic N) is 3. The van der Waals surface area contributed by atoms with Crippen molar-refractivity contribution in [1.82, 2.24) is 15.5 Å². The summed E-state index contributed by atoms with van der Waals surface area (Å²) in [6.07, 6.45) is 11.3. The SMILES string of the molecule is C#CCCC1(CCC(=O)N2C3CCCC2CC2(C3)NC(=O)NC2=O)N=N1. The van der Waals surface area contributed by atoms with Gasteiger partial charge in [-0.1, -0.05) is 0 Å². The van der Waals surface area contributed by atoms with Crippen LogP contribution in [-0.4, -0.2) is 46.0 Å². The number of hydrogen-bond donors (Lipinski definition) is 2. The zero-order valence-corrected chi connectivity index (χ0v) is 14.7. The Hall–Kier alpha value is -2.43. The van der Waals surface area contributed by atoms with Crippen LogP contribution >= 0.6 is 0 Å². The van der Waals surface area contributed by atoms with Gasteiger partial charge >= 0.3 is 6.03 Å². The zero-order chi connectivity index (χ0) is 18.4. The predicted octanol–water partition coefficient (Wildman–Crippen LogP) is 1.46. The molecular formula is C18H23N5O3. The third-order valence-corrected chi connectivity index (χ3v) is 6.12. The number of carbonyl (C=O) groups excluding carboxylic acids is 3. The van der Waals surface area contributed by atoms with E-state index in [1.165, 1.54) is 0 Å². The highest BCUT2D eigenvalue weighted by Gasteiger charge is 2.55. The van der Waals surface area contributed by atoms with Crippen molar-refractivity contribution in [2.45, 2.75) is 81.1 Å². The summed E-state index contributed by atoms with van der Waals surface area (Å²) in [5.74, 6) is 2.43. The number of urea groups is 1. The van der Waals surface area contributed by atoms with E-state index in [0.717, 1.165) is 19.3 Å². The molecule has 0 saturated carbocycles. The fraction of sp³-hybridized carbons (Fsp3) is 0.722. The molecule has 26 heavy (non-hydrogen) atoms. The smallest absolute Gasteiger partial charge is 0.322 e. The molecule has 8 nitrogen and oxygen atoms in total. The first-order valence-electron chi connectivity index (χ1n) is 9.29. The number of terminal acetylenes is 1. The molecule has 0 aliphatic carbocycles. The summed E-state index contributed by atoms with van der Waals surface area (Å²) in [7, 11) is 0. The van der Waals surface area contributed by atoms with Gasteiger partial charge in [-0.25, -0.2) is 4.79 Å². The summed E-state index contributed by atoms with van der Waals surface area (Å²) in [4.78, 5) is 38.8. The van der Waals surface area contributed by atoms with Crippen molar-refractivity contribution in [1.29, 1.82) is 0 Å². The Labute approximate surface area is 152 Å². The van der Waals surface area contributed by atoms with E-state index in [9.17, 15) is 14.4 Å². The number of carbonyl (C=O) groups is 3. The number of nitrogens with one attached hydrogen (secondary N) is 2.